The number of nitrogens with one attached hydrogen (secondary N) is 2. The standard InChI is InChI=1S/C35H39N5O4/c1-4-5-9-24-10-6-7-11-29(24)33(42)38-30-13-8-12-28(23(30)2)31-22-39(3)35(44)32(37-31)36-26-16-14-25(15-17-26)34(43)40-20-18-27(41)19-21-40/h6-8,10-17,22,27,41H,4-5,9,18-21H2,1-3H3,(H,36,37)(H,38,42). The Labute approximate surface area is 257 Å². The second-order valence-corrected chi connectivity index (χ2v) is 11.3. The zero-order chi connectivity index (χ0) is 31.2. The van der Waals surface area contributed by atoms with Crippen LogP contribution in [0.3, 0.4) is 0 Å². The molecule has 9 heteroatoms. The number of carbonyl (C=O) groups excluding carboxylic acids is 2. The van der Waals surface area contributed by atoms with Crippen LogP contribution in [0.4, 0.5) is 17.2 Å². The molecule has 0 bridgehead atoms. The highest BCUT2D eigenvalue weighted by atomic mass is 16.3. The zero-order valence-electron chi connectivity index (χ0n) is 25.5. The Bertz CT molecular complexity index is 1710. The number of hydrogen-bond donors (Lipinski definition) is 3. The maximum absolute atomic E-state index is 13.3. The maximum Gasteiger partial charge on any atom is 0.293 e. The number of amides is 2. The van der Waals surface area contributed by atoms with Crippen molar-refractivity contribution < 1.29 is 14.7 Å². The topological polar surface area (TPSA) is 117 Å². The lowest BCUT2D eigenvalue weighted by molar-refractivity contribution is 0.0546. The summed E-state index contributed by atoms with van der Waals surface area (Å²) in [5.41, 5.74) is 5.43. The fourth-order valence-corrected chi connectivity index (χ4v) is 5.47. The quantitative estimate of drug-likeness (QED) is 0.230. The van der Waals surface area contributed by atoms with Gasteiger partial charge in [-0.05, 0) is 80.1 Å². The molecule has 1 aromatic heterocycles. The van der Waals surface area contributed by atoms with Crippen LogP contribution in [0, 0.1) is 6.92 Å². The third kappa shape index (κ3) is 6.89. The normalized spacial score (nSPS) is 13.5. The van der Waals surface area contributed by atoms with Gasteiger partial charge in [-0.15, -0.1) is 0 Å². The summed E-state index contributed by atoms with van der Waals surface area (Å²) in [5, 5.41) is 15.9. The van der Waals surface area contributed by atoms with Crippen molar-refractivity contribution in [1.29, 1.82) is 0 Å². The number of rotatable bonds is 9. The van der Waals surface area contributed by atoms with E-state index < -0.39 is 0 Å². The van der Waals surface area contributed by atoms with Gasteiger partial charge in [-0.2, -0.15) is 0 Å². The minimum atomic E-state index is -0.348. The Hall–Kier alpha value is -4.76. The van der Waals surface area contributed by atoms with Crippen LogP contribution in [0.1, 0.15) is 64.4 Å². The highest BCUT2D eigenvalue weighted by Crippen LogP contribution is 2.29. The first-order valence-corrected chi connectivity index (χ1v) is 15.2. The zero-order valence-corrected chi connectivity index (χ0v) is 25.5. The Morgan fingerprint density at radius 3 is 2.45 bits per heavy atom. The van der Waals surface area contributed by atoms with Crippen LogP contribution in [0.15, 0.2) is 77.7 Å². The van der Waals surface area contributed by atoms with E-state index in [9.17, 15) is 19.5 Å². The highest BCUT2D eigenvalue weighted by molar-refractivity contribution is 6.06. The van der Waals surface area contributed by atoms with Crippen LogP contribution in [0.5, 0.6) is 0 Å². The van der Waals surface area contributed by atoms with Crippen molar-refractivity contribution in [3.8, 4) is 11.3 Å². The molecule has 0 spiro atoms. The summed E-state index contributed by atoms with van der Waals surface area (Å²) in [7, 11) is 1.67. The number of piperidine rings is 1. The summed E-state index contributed by atoms with van der Waals surface area (Å²) in [6.45, 7) is 5.12. The molecule has 2 amide bonds. The first kappa shape index (κ1) is 30.7. The Kier molecular flexibility index (Phi) is 9.55. The van der Waals surface area contributed by atoms with Crippen molar-refractivity contribution >= 4 is 29.0 Å². The molecule has 0 aliphatic carbocycles. The van der Waals surface area contributed by atoms with Gasteiger partial charge in [-0.25, -0.2) is 4.98 Å². The lowest BCUT2D eigenvalue weighted by Gasteiger charge is -2.29. The summed E-state index contributed by atoms with van der Waals surface area (Å²) in [6, 6.07) is 20.3. The third-order valence-electron chi connectivity index (χ3n) is 8.14. The van der Waals surface area contributed by atoms with E-state index in [0.29, 0.717) is 54.1 Å². The molecule has 4 aromatic rings. The van der Waals surface area contributed by atoms with E-state index in [0.717, 1.165) is 36.0 Å². The summed E-state index contributed by atoms with van der Waals surface area (Å²) in [5.74, 6) is -0.0910. The molecule has 0 unspecified atom stereocenters. The molecular formula is C35H39N5O4. The molecule has 1 aliphatic heterocycles. The van der Waals surface area contributed by atoms with Crippen LogP contribution in [-0.2, 0) is 13.5 Å². The fourth-order valence-electron chi connectivity index (χ4n) is 5.47. The molecule has 3 N–H and O–H groups in total. The van der Waals surface area contributed by atoms with Gasteiger partial charge in [0.15, 0.2) is 5.82 Å². The lowest BCUT2D eigenvalue weighted by atomic mass is 10.0. The molecule has 9 nitrogen and oxygen atoms in total. The number of aliphatic hydroxyl groups is 1. The molecule has 0 saturated carbocycles. The number of benzene rings is 3. The van der Waals surface area contributed by atoms with E-state index >= 15 is 0 Å². The molecule has 1 aliphatic rings. The third-order valence-corrected chi connectivity index (χ3v) is 8.14. The monoisotopic (exact) mass is 593 g/mol. The maximum atomic E-state index is 13.3. The number of hydrogen-bond acceptors (Lipinski definition) is 6. The molecule has 5 rings (SSSR count). The van der Waals surface area contributed by atoms with E-state index in [-0.39, 0.29) is 29.3 Å². The van der Waals surface area contributed by atoms with Gasteiger partial charge < -0.3 is 25.2 Å². The Balaban J connectivity index is 1.36. The number of aromatic nitrogens is 2. The van der Waals surface area contributed by atoms with E-state index in [1.165, 1.54) is 4.57 Å². The molecule has 228 valence electrons. The van der Waals surface area contributed by atoms with Gasteiger partial charge in [0.05, 0.1) is 11.8 Å². The number of aliphatic hydroxyl groups excluding tert-OH is 1. The summed E-state index contributed by atoms with van der Waals surface area (Å²) < 4.78 is 1.47. The van der Waals surface area contributed by atoms with Crippen LogP contribution in [0.25, 0.3) is 11.3 Å². The van der Waals surface area contributed by atoms with E-state index in [1.807, 2.05) is 49.4 Å². The van der Waals surface area contributed by atoms with Gasteiger partial charge >= 0.3 is 0 Å². The average molecular weight is 594 g/mol. The van der Waals surface area contributed by atoms with Crippen molar-refractivity contribution in [3.63, 3.8) is 0 Å². The van der Waals surface area contributed by atoms with Crippen molar-refractivity contribution in [2.45, 2.75) is 52.1 Å². The first-order chi connectivity index (χ1) is 21.2. The summed E-state index contributed by atoms with van der Waals surface area (Å²) in [4.78, 5) is 45.6. The second-order valence-electron chi connectivity index (χ2n) is 11.3. The van der Waals surface area contributed by atoms with Gasteiger partial charge in [0.25, 0.3) is 17.4 Å². The second kappa shape index (κ2) is 13.7. The van der Waals surface area contributed by atoms with Crippen molar-refractivity contribution in [3.05, 3.63) is 106 Å². The molecular weight excluding hydrogens is 554 g/mol. The van der Waals surface area contributed by atoms with Crippen LogP contribution in [-0.4, -0.2) is 50.6 Å². The van der Waals surface area contributed by atoms with Crippen molar-refractivity contribution in [1.82, 2.24) is 14.5 Å². The molecule has 44 heavy (non-hydrogen) atoms. The number of carbonyl (C=O) groups is 2. The molecule has 1 fully saturated rings. The predicted octanol–water partition coefficient (Wildman–Crippen LogP) is 5.69. The van der Waals surface area contributed by atoms with Gasteiger partial charge in [0, 0.05) is 54.4 Å². The first-order valence-electron chi connectivity index (χ1n) is 15.2. The number of anilines is 3. The fraction of sp³-hybridized carbons (Fsp3) is 0.314. The van der Waals surface area contributed by atoms with E-state index in [4.69, 9.17) is 0 Å². The van der Waals surface area contributed by atoms with Crippen LogP contribution >= 0.6 is 0 Å². The highest BCUT2D eigenvalue weighted by Gasteiger charge is 2.22. The van der Waals surface area contributed by atoms with Gasteiger partial charge in [0.1, 0.15) is 0 Å². The summed E-state index contributed by atoms with van der Waals surface area (Å²) >= 11 is 0. The van der Waals surface area contributed by atoms with Gasteiger partial charge in [-0.1, -0.05) is 43.7 Å². The minimum absolute atomic E-state index is 0.0774. The van der Waals surface area contributed by atoms with Crippen LogP contribution in [0.2, 0.25) is 0 Å². The smallest absolute Gasteiger partial charge is 0.293 e. The number of unbranched alkanes of at least 4 members (excludes halogenated alkanes) is 1. The molecule has 0 atom stereocenters. The van der Waals surface area contributed by atoms with E-state index in [2.05, 4.69) is 22.5 Å². The molecule has 3 aromatic carbocycles. The van der Waals surface area contributed by atoms with Crippen LogP contribution < -0.4 is 16.2 Å². The largest absolute Gasteiger partial charge is 0.393 e. The summed E-state index contributed by atoms with van der Waals surface area (Å²) in [6.07, 6.45) is 5.41. The number of nitrogens with zero attached hydrogens (tertiary/aromatic N) is 3. The van der Waals surface area contributed by atoms with Crippen molar-refractivity contribution in [2.75, 3.05) is 23.7 Å². The Morgan fingerprint density at radius 2 is 1.73 bits per heavy atom. The van der Waals surface area contributed by atoms with Crippen molar-refractivity contribution in [2.24, 2.45) is 7.05 Å². The SMILES string of the molecule is CCCCc1ccccc1C(=O)Nc1cccc(-c2cn(C)c(=O)c(Nc3ccc(C(=O)N4CCC(O)CC4)cc3)n2)c1C. The van der Waals surface area contributed by atoms with Gasteiger partial charge in [-0.3, -0.25) is 14.4 Å². The molecule has 2 heterocycles. The minimum Gasteiger partial charge on any atom is -0.393 e. The van der Waals surface area contributed by atoms with E-state index in [1.54, 1.807) is 42.4 Å². The molecule has 0 radical (unpaired) electrons. The lowest BCUT2D eigenvalue weighted by Crippen LogP contribution is -2.40. The number of aryl methyl sites for hydroxylation is 2. The molecule has 1 saturated heterocycles. The number of likely N-dealkylation sites (tertiary alicyclic amines) is 1. The Morgan fingerprint density at radius 1 is 1.00 bits per heavy atom. The van der Waals surface area contributed by atoms with Gasteiger partial charge in [0.2, 0.25) is 0 Å². The predicted molar refractivity (Wildman–Crippen MR) is 174 cm³/mol. The average Bonchev–Trinajstić information content (AvgIpc) is 3.03.